The fourth-order valence-electron chi connectivity index (χ4n) is 1.62. The van der Waals surface area contributed by atoms with Crippen molar-refractivity contribution < 1.29 is 0 Å². The van der Waals surface area contributed by atoms with Crippen molar-refractivity contribution in [2.45, 2.75) is 25.5 Å². The molecule has 1 unspecified atom stereocenters. The Morgan fingerprint density at radius 2 is 2.28 bits per heavy atom. The van der Waals surface area contributed by atoms with Crippen molar-refractivity contribution in [1.82, 2.24) is 9.97 Å². The third kappa shape index (κ3) is 2.87. The van der Waals surface area contributed by atoms with Crippen LogP contribution in [-0.2, 0) is 6.42 Å². The zero-order valence-corrected chi connectivity index (χ0v) is 12.5. The molecule has 98 valence electrons. The second-order valence-electron chi connectivity index (χ2n) is 4.14. The Balaban J connectivity index is 2.32. The first kappa shape index (κ1) is 13.4. The molecule has 0 bridgehead atoms. The Labute approximate surface area is 115 Å². The molecule has 0 aliphatic heterocycles. The molecule has 1 atom stereocenters. The zero-order valence-electron chi connectivity index (χ0n) is 10.9. The molecular weight excluding hydrogens is 264 g/mol. The van der Waals surface area contributed by atoms with Crippen LogP contribution in [0.15, 0.2) is 6.07 Å². The maximum absolute atomic E-state index is 5.75. The topological polar surface area (TPSA) is 63.8 Å². The third-order valence-corrected chi connectivity index (χ3v) is 4.91. The molecule has 2 rings (SSSR count). The highest BCUT2D eigenvalue weighted by Gasteiger charge is 2.10. The van der Waals surface area contributed by atoms with Gasteiger partial charge in [0.2, 0.25) is 5.95 Å². The number of thioether (sulfide) groups is 1. The largest absolute Gasteiger partial charge is 0.368 e. The Kier molecular flexibility index (Phi) is 4.29. The summed E-state index contributed by atoms with van der Waals surface area (Å²) in [5.74, 6) is 1.20. The highest BCUT2D eigenvalue weighted by atomic mass is 32.2. The van der Waals surface area contributed by atoms with E-state index in [4.69, 9.17) is 5.73 Å². The molecule has 0 radical (unpaired) electrons. The van der Waals surface area contributed by atoms with E-state index in [1.54, 1.807) is 11.3 Å². The van der Waals surface area contributed by atoms with Gasteiger partial charge >= 0.3 is 0 Å². The molecule has 6 heteroatoms. The first-order valence-corrected chi connectivity index (χ1v) is 8.07. The summed E-state index contributed by atoms with van der Waals surface area (Å²) in [7, 11) is 0. The number of hydrogen-bond donors (Lipinski definition) is 2. The van der Waals surface area contributed by atoms with E-state index in [-0.39, 0.29) is 0 Å². The van der Waals surface area contributed by atoms with Crippen molar-refractivity contribution in [2.24, 2.45) is 0 Å². The summed E-state index contributed by atoms with van der Waals surface area (Å²) >= 11 is 3.52. The second-order valence-corrected chi connectivity index (χ2v) is 6.53. The monoisotopic (exact) mass is 282 g/mol. The molecule has 0 saturated heterocycles. The fraction of sp³-hybridized carbons (Fsp3) is 0.500. The van der Waals surface area contributed by atoms with Crippen LogP contribution in [0.4, 0.5) is 11.8 Å². The van der Waals surface area contributed by atoms with Gasteiger partial charge in [-0.05, 0) is 18.7 Å². The summed E-state index contributed by atoms with van der Waals surface area (Å²) in [6, 6.07) is 2.16. The number of hydrogen-bond acceptors (Lipinski definition) is 6. The van der Waals surface area contributed by atoms with E-state index in [0.717, 1.165) is 29.0 Å². The van der Waals surface area contributed by atoms with Crippen molar-refractivity contribution in [1.29, 1.82) is 0 Å². The molecule has 4 nitrogen and oxygen atoms in total. The van der Waals surface area contributed by atoms with Gasteiger partial charge < -0.3 is 11.1 Å². The molecule has 2 aromatic heterocycles. The first-order valence-electron chi connectivity index (χ1n) is 5.96. The first-order chi connectivity index (χ1) is 8.63. The van der Waals surface area contributed by atoms with Crippen molar-refractivity contribution in [3.05, 3.63) is 10.9 Å². The lowest BCUT2D eigenvalue weighted by atomic mass is 10.3. The summed E-state index contributed by atoms with van der Waals surface area (Å²) in [5.41, 5.74) is 5.75. The molecule has 0 aromatic carbocycles. The molecule has 0 spiro atoms. The molecule has 3 N–H and O–H groups in total. The molecule has 2 aromatic rings. The quantitative estimate of drug-likeness (QED) is 0.882. The summed E-state index contributed by atoms with van der Waals surface area (Å²) in [5, 5.41) is 5.00. The van der Waals surface area contributed by atoms with Crippen LogP contribution >= 0.6 is 23.1 Å². The lowest BCUT2D eigenvalue weighted by Gasteiger charge is -2.11. The maximum atomic E-state index is 5.75. The van der Waals surface area contributed by atoms with Gasteiger partial charge in [-0.15, -0.1) is 11.3 Å². The predicted octanol–water partition coefficient (Wildman–Crippen LogP) is 3.00. The molecule has 0 saturated carbocycles. The average molecular weight is 282 g/mol. The van der Waals surface area contributed by atoms with E-state index < -0.39 is 0 Å². The van der Waals surface area contributed by atoms with Crippen LogP contribution in [0.25, 0.3) is 10.2 Å². The number of nitrogens with zero attached hydrogens (tertiary/aromatic N) is 2. The average Bonchev–Trinajstić information content (AvgIpc) is 2.78. The van der Waals surface area contributed by atoms with Crippen molar-refractivity contribution >= 4 is 45.1 Å². The summed E-state index contributed by atoms with van der Waals surface area (Å²) in [4.78, 5) is 10.9. The molecule has 0 fully saturated rings. The third-order valence-electron chi connectivity index (χ3n) is 2.77. The van der Waals surface area contributed by atoms with Gasteiger partial charge in [-0.3, -0.25) is 0 Å². The van der Waals surface area contributed by atoms with Crippen LogP contribution in [0.2, 0.25) is 0 Å². The number of rotatable bonds is 5. The fourth-order valence-corrected chi connectivity index (χ4v) is 2.84. The predicted molar refractivity (Wildman–Crippen MR) is 82.7 cm³/mol. The van der Waals surface area contributed by atoms with Crippen LogP contribution in [0, 0.1) is 0 Å². The van der Waals surface area contributed by atoms with E-state index in [9.17, 15) is 0 Å². The second kappa shape index (κ2) is 5.75. The van der Waals surface area contributed by atoms with Gasteiger partial charge in [0.15, 0.2) is 0 Å². The van der Waals surface area contributed by atoms with Crippen LogP contribution in [-0.4, -0.2) is 28.0 Å². The van der Waals surface area contributed by atoms with Crippen LogP contribution < -0.4 is 11.1 Å². The number of aromatic nitrogens is 2. The Morgan fingerprint density at radius 1 is 1.50 bits per heavy atom. The van der Waals surface area contributed by atoms with Gasteiger partial charge in [0.05, 0.1) is 5.39 Å². The summed E-state index contributed by atoms with van der Waals surface area (Å²) < 4.78 is 0. The summed E-state index contributed by atoms with van der Waals surface area (Å²) in [6.07, 6.45) is 3.12. The SMILES string of the molecule is CCc1cc2c(NCC(C)SC)nc(N)nc2s1. The minimum Gasteiger partial charge on any atom is -0.368 e. The van der Waals surface area contributed by atoms with Crippen LogP contribution in [0.5, 0.6) is 0 Å². The van der Waals surface area contributed by atoms with E-state index in [1.165, 1.54) is 4.88 Å². The van der Waals surface area contributed by atoms with Gasteiger partial charge in [-0.2, -0.15) is 16.7 Å². The Morgan fingerprint density at radius 3 is 2.94 bits per heavy atom. The molecule has 2 heterocycles. The minimum atomic E-state index is 0.339. The highest BCUT2D eigenvalue weighted by molar-refractivity contribution is 7.99. The number of nitrogens with two attached hydrogens (primary N) is 1. The van der Waals surface area contributed by atoms with Crippen molar-refractivity contribution in [3.63, 3.8) is 0 Å². The van der Waals surface area contributed by atoms with Gasteiger partial charge in [0.25, 0.3) is 0 Å². The van der Waals surface area contributed by atoms with Gasteiger partial charge in [0, 0.05) is 16.7 Å². The number of thiophene rings is 1. The molecular formula is C12H18N4S2. The Bertz CT molecular complexity index is 538. The molecule has 18 heavy (non-hydrogen) atoms. The molecule has 0 aliphatic carbocycles. The van der Waals surface area contributed by atoms with Crippen LogP contribution in [0.3, 0.4) is 0 Å². The Hall–Kier alpha value is -1.01. The normalized spacial score (nSPS) is 12.8. The summed E-state index contributed by atoms with van der Waals surface area (Å²) in [6.45, 7) is 5.21. The minimum absolute atomic E-state index is 0.339. The lowest BCUT2D eigenvalue weighted by molar-refractivity contribution is 0.993. The van der Waals surface area contributed by atoms with Crippen molar-refractivity contribution in [3.8, 4) is 0 Å². The zero-order chi connectivity index (χ0) is 13.1. The van der Waals surface area contributed by atoms with E-state index in [1.807, 2.05) is 11.8 Å². The van der Waals surface area contributed by atoms with Crippen molar-refractivity contribution in [2.75, 3.05) is 23.9 Å². The number of anilines is 2. The number of fused-ring (bicyclic) bond motifs is 1. The van der Waals surface area contributed by atoms with E-state index in [2.05, 4.69) is 41.5 Å². The van der Waals surface area contributed by atoms with Gasteiger partial charge in [-0.1, -0.05) is 13.8 Å². The van der Waals surface area contributed by atoms with Gasteiger partial charge in [-0.25, -0.2) is 4.98 Å². The smallest absolute Gasteiger partial charge is 0.223 e. The molecule has 0 aliphatic rings. The maximum Gasteiger partial charge on any atom is 0.223 e. The lowest BCUT2D eigenvalue weighted by Crippen LogP contribution is -2.14. The number of aryl methyl sites for hydroxylation is 1. The standard InChI is InChI=1S/C12H18N4S2/c1-4-8-5-9-10(14-6-7(2)17-3)15-12(13)16-11(9)18-8/h5,7H,4,6H2,1-3H3,(H3,13,14,15,16). The molecule has 0 amide bonds. The van der Waals surface area contributed by atoms with Crippen LogP contribution in [0.1, 0.15) is 18.7 Å². The van der Waals surface area contributed by atoms with E-state index >= 15 is 0 Å². The number of nitrogens with one attached hydrogen (secondary N) is 1. The highest BCUT2D eigenvalue weighted by Crippen LogP contribution is 2.29. The number of nitrogen functional groups attached to an aromatic ring is 1. The van der Waals surface area contributed by atoms with E-state index in [0.29, 0.717) is 11.2 Å². The van der Waals surface area contributed by atoms with Gasteiger partial charge in [0.1, 0.15) is 10.6 Å².